The topological polar surface area (TPSA) is 52.7 Å². The Labute approximate surface area is 200 Å². The average Bonchev–Trinajstić information content (AvgIpc) is 3.53. The zero-order valence-corrected chi connectivity index (χ0v) is 20.1. The van der Waals surface area contributed by atoms with E-state index in [-0.39, 0.29) is 24.5 Å². The van der Waals surface area contributed by atoms with Gasteiger partial charge < -0.3 is 15.1 Å². The first-order valence-electron chi connectivity index (χ1n) is 11.5. The number of anilines is 1. The van der Waals surface area contributed by atoms with E-state index in [1.54, 1.807) is 16.2 Å². The number of nitrogens with zero attached hydrogens (tertiary/aromatic N) is 2. The maximum Gasteiger partial charge on any atom is 0.322 e. The molecule has 1 aromatic heterocycles. The Morgan fingerprint density at radius 1 is 0.970 bits per heavy atom. The van der Waals surface area contributed by atoms with Crippen molar-refractivity contribution in [2.24, 2.45) is 0 Å². The first-order valence-corrected chi connectivity index (χ1v) is 12.4. The molecule has 1 aliphatic rings. The summed E-state index contributed by atoms with van der Waals surface area (Å²) in [5.74, 6) is 0.402. The summed E-state index contributed by atoms with van der Waals surface area (Å²) >= 11 is 1.64. The van der Waals surface area contributed by atoms with Crippen molar-refractivity contribution in [1.82, 2.24) is 9.80 Å². The molecule has 33 heavy (non-hydrogen) atoms. The molecule has 3 amide bonds. The van der Waals surface area contributed by atoms with Gasteiger partial charge in [0.25, 0.3) is 0 Å². The van der Waals surface area contributed by atoms with Crippen LogP contribution < -0.4 is 5.32 Å². The van der Waals surface area contributed by atoms with Crippen LogP contribution in [0.4, 0.5) is 10.5 Å². The van der Waals surface area contributed by atoms with Gasteiger partial charge in [-0.05, 0) is 53.5 Å². The van der Waals surface area contributed by atoms with Crippen molar-refractivity contribution in [3.8, 4) is 0 Å². The van der Waals surface area contributed by atoms with E-state index in [2.05, 4.69) is 19.2 Å². The van der Waals surface area contributed by atoms with Crippen LogP contribution in [0.3, 0.4) is 0 Å². The molecule has 0 unspecified atom stereocenters. The molecule has 0 spiro atoms. The van der Waals surface area contributed by atoms with E-state index in [1.807, 2.05) is 77.0 Å². The van der Waals surface area contributed by atoms with Crippen LogP contribution in [0.2, 0.25) is 0 Å². The molecular formula is C27H31N3O2S. The Bertz CT molecular complexity index is 1040. The minimum Gasteiger partial charge on any atom is -0.332 e. The van der Waals surface area contributed by atoms with E-state index in [4.69, 9.17) is 0 Å². The van der Waals surface area contributed by atoms with Crippen LogP contribution in [0.5, 0.6) is 0 Å². The highest BCUT2D eigenvalue weighted by atomic mass is 32.1. The molecule has 1 N–H and O–H groups in total. The van der Waals surface area contributed by atoms with Gasteiger partial charge in [0.15, 0.2) is 0 Å². The second-order valence-corrected chi connectivity index (χ2v) is 9.91. The van der Waals surface area contributed by atoms with Gasteiger partial charge in [-0.15, -0.1) is 11.3 Å². The molecule has 0 radical (unpaired) electrons. The number of hydrogen-bond acceptors (Lipinski definition) is 3. The fourth-order valence-electron chi connectivity index (χ4n) is 3.77. The van der Waals surface area contributed by atoms with Crippen LogP contribution in [-0.4, -0.2) is 34.3 Å². The van der Waals surface area contributed by atoms with Crippen LogP contribution in [-0.2, 0) is 17.9 Å². The summed E-state index contributed by atoms with van der Waals surface area (Å²) in [6.07, 6.45) is 1.88. The van der Waals surface area contributed by atoms with Gasteiger partial charge >= 0.3 is 6.03 Å². The average molecular weight is 462 g/mol. The molecule has 1 saturated carbocycles. The first kappa shape index (κ1) is 23.1. The van der Waals surface area contributed by atoms with Gasteiger partial charge in [0.05, 0.1) is 6.54 Å². The fraction of sp³-hybridized carbons (Fsp3) is 0.333. The Morgan fingerprint density at radius 3 is 2.30 bits per heavy atom. The predicted octanol–water partition coefficient (Wildman–Crippen LogP) is 6.10. The lowest BCUT2D eigenvalue weighted by Crippen LogP contribution is -2.45. The number of thiophene rings is 1. The minimum atomic E-state index is -0.209. The van der Waals surface area contributed by atoms with Crippen molar-refractivity contribution >= 4 is 29.0 Å². The summed E-state index contributed by atoms with van der Waals surface area (Å²) in [4.78, 5) is 31.2. The standard InChI is InChI=1S/C27H31N3O2S/c1-20(2)22-10-12-23(13-11-22)28-27(32)30(24-14-15-24)19-26(31)29(18-25-9-6-16-33-25)17-21-7-4-3-5-8-21/h3-13,16,20,24H,14-15,17-19H2,1-2H3,(H,28,32). The Hall–Kier alpha value is -3.12. The lowest BCUT2D eigenvalue weighted by Gasteiger charge is -2.28. The molecule has 5 nitrogen and oxygen atoms in total. The third-order valence-electron chi connectivity index (χ3n) is 5.88. The summed E-state index contributed by atoms with van der Waals surface area (Å²) in [5, 5.41) is 5.01. The summed E-state index contributed by atoms with van der Waals surface area (Å²) in [7, 11) is 0. The molecule has 3 aromatic rings. The van der Waals surface area contributed by atoms with Gasteiger partial charge in [-0.1, -0.05) is 62.4 Å². The zero-order chi connectivity index (χ0) is 23.2. The van der Waals surface area contributed by atoms with Crippen LogP contribution in [0.25, 0.3) is 0 Å². The number of benzene rings is 2. The second-order valence-electron chi connectivity index (χ2n) is 8.88. The highest BCUT2D eigenvalue weighted by molar-refractivity contribution is 7.09. The van der Waals surface area contributed by atoms with Crippen molar-refractivity contribution in [3.63, 3.8) is 0 Å². The highest BCUT2D eigenvalue weighted by Gasteiger charge is 2.35. The molecular weight excluding hydrogens is 430 g/mol. The summed E-state index contributed by atoms with van der Waals surface area (Å²) < 4.78 is 0. The number of urea groups is 1. The predicted molar refractivity (Wildman–Crippen MR) is 134 cm³/mol. The van der Waals surface area contributed by atoms with E-state index in [0.29, 0.717) is 19.0 Å². The minimum absolute atomic E-state index is 0.0375. The third kappa shape index (κ3) is 6.45. The van der Waals surface area contributed by atoms with Gasteiger partial charge in [-0.2, -0.15) is 0 Å². The fourth-order valence-corrected chi connectivity index (χ4v) is 4.49. The SMILES string of the molecule is CC(C)c1ccc(NC(=O)N(CC(=O)N(Cc2ccccc2)Cc2cccs2)C2CC2)cc1. The third-order valence-corrected chi connectivity index (χ3v) is 6.74. The van der Waals surface area contributed by atoms with Gasteiger partial charge in [-0.3, -0.25) is 4.79 Å². The van der Waals surface area contributed by atoms with Crippen LogP contribution in [0.15, 0.2) is 72.1 Å². The number of amides is 3. The molecule has 0 bridgehead atoms. The largest absolute Gasteiger partial charge is 0.332 e. The van der Waals surface area contributed by atoms with E-state index >= 15 is 0 Å². The maximum absolute atomic E-state index is 13.4. The molecule has 0 atom stereocenters. The molecule has 0 saturated heterocycles. The van der Waals surface area contributed by atoms with E-state index in [1.165, 1.54) is 5.56 Å². The number of nitrogens with one attached hydrogen (secondary N) is 1. The molecule has 4 rings (SSSR count). The normalized spacial score (nSPS) is 13.1. The lowest BCUT2D eigenvalue weighted by atomic mass is 10.0. The highest BCUT2D eigenvalue weighted by Crippen LogP contribution is 2.28. The van der Waals surface area contributed by atoms with Crippen molar-refractivity contribution in [2.45, 2.75) is 51.7 Å². The van der Waals surface area contributed by atoms with Gasteiger partial charge in [-0.25, -0.2) is 4.79 Å². The Kier molecular flexibility index (Phi) is 7.45. The molecule has 1 aliphatic carbocycles. The molecule has 0 aliphatic heterocycles. The quantitative estimate of drug-likeness (QED) is 0.419. The first-order chi connectivity index (χ1) is 16.0. The summed E-state index contributed by atoms with van der Waals surface area (Å²) in [5.41, 5.74) is 3.06. The molecule has 172 valence electrons. The zero-order valence-electron chi connectivity index (χ0n) is 19.2. The number of carbonyl (C=O) groups excluding carboxylic acids is 2. The van der Waals surface area contributed by atoms with Crippen LogP contribution in [0, 0.1) is 0 Å². The monoisotopic (exact) mass is 461 g/mol. The van der Waals surface area contributed by atoms with Crippen molar-refractivity contribution in [3.05, 3.63) is 88.1 Å². The number of rotatable bonds is 9. The number of hydrogen-bond donors (Lipinski definition) is 1. The van der Waals surface area contributed by atoms with Crippen molar-refractivity contribution in [2.75, 3.05) is 11.9 Å². The van der Waals surface area contributed by atoms with Crippen molar-refractivity contribution < 1.29 is 9.59 Å². The van der Waals surface area contributed by atoms with E-state index in [0.717, 1.165) is 29.0 Å². The molecule has 2 aromatic carbocycles. The van der Waals surface area contributed by atoms with Gasteiger partial charge in [0.2, 0.25) is 5.91 Å². The Morgan fingerprint density at radius 2 is 1.70 bits per heavy atom. The maximum atomic E-state index is 13.4. The molecule has 6 heteroatoms. The van der Waals surface area contributed by atoms with Crippen molar-refractivity contribution in [1.29, 1.82) is 0 Å². The van der Waals surface area contributed by atoms with Crippen LogP contribution >= 0.6 is 11.3 Å². The summed E-state index contributed by atoms with van der Waals surface area (Å²) in [6, 6.07) is 21.9. The number of carbonyl (C=O) groups is 2. The smallest absolute Gasteiger partial charge is 0.322 e. The van der Waals surface area contributed by atoms with Crippen LogP contribution in [0.1, 0.15) is 48.6 Å². The summed E-state index contributed by atoms with van der Waals surface area (Å²) in [6.45, 7) is 5.44. The van der Waals surface area contributed by atoms with E-state index < -0.39 is 0 Å². The van der Waals surface area contributed by atoms with Gasteiger partial charge in [0.1, 0.15) is 6.54 Å². The van der Waals surface area contributed by atoms with Gasteiger partial charge in [0, 0.05) is 23.2 Å². The molecule has 1 fully saturated rings. The van der Waals surface area contributed by atoms with E-state index in [9.17, 15) is 9.59 Å². The lowest BCUT2D eigenvalue weighted by molar-refractivity contribution is -0.133. The Balaban J connectivity index is 1.45. The second kappa shape index (κ2) is 10.7. The molecule has 1 heterocycles.